The molecule has 0 heterocycles. The minimum atomic E-state index is -0.840. The van der Waals surface area contributed by atoms with E-state index in [1.165, 1.54) is 0 Å². The summed E-state index contributed by atoms with van der Waals surface area (Å²) in [5.41, 5.74) is 0. The quantitative estimate of drug-likeness (QED) is 0.787. The lowest BCUT2D eigenvalue weighted by molar-refractivity contribution is -0.146. The van der Waals surface area contributed by atoms with Crippen LogP contribution in [0.15, 0.2) is 0 Å². The van der Waals surface area contributed by atoms with Gasteiger partial charge in [-0.1, -0.05) is 13.8 Å². The molecule has 5 heteroatoms. The number of aliphatic carboxylic acids is 1. The maximum atomic E-state index is 11.9. The molecule has 4 unspecified atom stereocenters. The van der Waals surface area contributed by atoms with Crippen molar-refractivity contribution >= 4 is 23.6 Å². The topological polar surface area (TPSA) is 66.4 Å². The summed E-state index contributed by atoms with van der Waals surface area (Å²) in [6.07, 6.45) is 3.30. The lowest BCUT2D eigenvalue weighted by Gasteiger charge is -2.17. The Balaban J connectivity index is 2.52. The molecule has 4 atom stereocenters. The first kappa shape index (κ1) is 14.4. The van der Waals surface area contributed by atoms with Crippen molar-refractivity contribution in [2.24, 2.45) is 17.8 Å². The monoisotopic (exact) mass is 259 g/mol. The Morgan fingerprint density at radius 3 is 2.53 bits per heavy atom. The standard InChI is InChI=1S/C12H21NO3S/c1-7-4-9(10(5-7)12(15)16)11(14)13-6-8(2)17-3/h7-10H,4-6H2,1-3H3,(H,13,14)(H,15,16). The van der Waals surface area contributed by atoms with E-state index in [1.54, 1.807) is 11.8 Å². The fourth-order valence-corrected chi connectivity index (χ4v) is 2.56. The van der Waals surface area contributed by atoms with E-state index in [9.17, 15) is 9.59 Å². The molecule has 4 nitrogen and oxygen atoms in total. The Morgan fingerprint density at radius 2 is 2.00 bits per heavy atom. The van der Waals surface area contributed by atoms with Crippen LogP contribution in [0.25, 0.3) is 0 Å². The lowest BCUT2D eigenvalue weighted by Crippen LogP contribution is -2.37. The van der Waals surface area contributed by atoms with Gasteiger partial charge in [0.2, 0.25) is 5.91 Å². The number of rotatable bonds is 5. The Bertz CT molecular complexity index is 295. The molecule has 0 spiro atoms. The molecule has 0 aromatic rings. The first-order chi connectivity index (χ1) is 7.95. The average molecular weight is 259 g/mol. The SMILES string of the molecule is CSC(C)CNC(=O)C1CC(C)CC1C(=O)O. The van der Waals surface area contributed by atoms with Crippen molar-refractivity contribution in [3.63, 3.8) is 0 Å². The third-order valence-electron chi connectivity index (χ3n) is 3.42. The number of hydrogen-bond donors (Lipinski definition) is 2. The first-order valence-corrected chi connectivity index (χ1v) is 7.27. The van der Waals surface area contributed by atoms with Crippen LogP contribution in [0.3, 0.4) is 0 Å². The molecule has 0 bridgehead atoms. The van der Waals surface area contributed by atoms with E-state index in [0.29, 0.717) is 30.6 Å². The van der Waals surface area contributed by atoms with E-state index in [2.05, 4.69) is 5.32 Å². The predicted octanol–water partition coefficient (Wildman–Crippen LogP) is 1.60. The van der Waals surface area contributed by atoms with Gasteiger partial charge in [-0.05, 0) is 25.0 Å². The lowest BCUT2D eigenvalue weighted by atomic mass is 9.95. The summed E-state index contributed by atoms with van der Waals surface area (Å²) in [6, 6.07) is 0. The van der Waals surface area contributed by atoms with Crippen LogP contribution in [0.5, 0.6) is 0 Å². The van der Waals surface area contributed by atoms with Gasteiger partial charge in [0.15, 0.2) is 0 Å². The molecule has 0 aromatic heterocycles. The van der Waals surface area contributed by atoms with Gasteiger partial charge in [0.25, 0.3) is 0 Å². The van der Waals surface area contributed by atoms with Gasteiger partial charge in [0.1, 0.15) is 0 Å². The predicted molar refractivity (Wildman–Crippen MR) is 69.0 cm³/mol. The van der Waals surface area contributed by atoms with E-state index in [0.717, 1.165) is 0 Å². The van der Waals surface area contributed by atoms with Gasteiger partial charge in [0, 0.05) is 11.8 Å². The summed E-state index contributed by atoms with van der Waals surface area (Å²) in [4.78, 5) is 23.0. The highest BCUT2D eigenvalue weighted by molar-refractivity contribution is 7.99. The summed E-state index contributed by atoms with van der Waals surface area (Å²) in [5, 5.41) is 12.3. The van der Waals surface area contributed by atoms with Crippen LogP contribution in [-0.4, -0.2) is 35.0 Å². The molecule has 1 saturated carbocycles. The normalized spacial score (nSPS) is 29.9. The van der Waals surface area contributed by atoms with Gasteiger partial charge >= 0.3 is 5.97 Å². The Morgan fingerprint density at radius 1 is 1.41 bits per heavy atom. The van der Waals surface area contributed by atoms with Crippen molar-refractivity contribution in [1.82, 2.24) is 5.32 Å². The number of nitrogens with one attached hydrogen (secondary N) is 1. The van der Waals surface area contributed by atoms with Crippen molar-refractivity contribution < 1.29 is 14.7 Å². The number of thioether (sulfide) groups is 1. The van der Waals surface area contributed by atoms with Gasteiger partial charge in [-0.15, -0.1) is 0 Å². The first-order valence-electron chi connectivity index (χ1n) is 5.99. The second-order valence-electron chi connectivity index (χ2n) is 4.92. The zero-order chi connectivity index (χ0) is 13.0. The zero-order valence-corrected chi connectivity index (χ0v) is 11.4. The van der Waals surface area contributed by atoms with Crippen LogP contribution in [0.2, 0.25) is 0 Å². The molecule has 98 valence electrons. The second kappa shape index (κ2) is 6.28. The number of carboxylic acids is 1. The van der Waals surface area contributed by atoms with Crippen LogP contribution in [-0.2, 0) is 9.59 Å². The maximum Gasteiger partial charge on any atom is 0.307 e. The van der Waals surface area contributed by atoms with Crippen LogP contribution in [0.1, 0.15) is 26.7 Å². The summed E-state index contributed by atoms with van der Waals surface area (Å²) < 4.78 is 0. The molecule has 1 rings (SSSR count). The van der Waals surface area contributed by atoms with Crippen molar-refractivity contribution in [2.45, 2.75) is 31.9 Å². The summed E-state index contributed by atoms with van der Waals surface area (Å²) >= 11 is 1.69. The van der Waals surface area contributed by atoms with Crippen molar-refractivity contribution in [1.29, 1.82) is 0 Å². The Labute approximate surface area is 107 Å². The van der Waals surface area contributed by atoms with Crippen LogP contribution >= 0.6 is 11.8 Å². The van der Waals surface area contributed by atoms with Crippen LogP contribution in [0, 0.1) is 17.8 Å². The number of carbonyl (C=O) groups is 2. The highest BCUT2D eigenvalue weighted by Crippen LogP contribution is 2.36. The van der Waals surface area contributed by atoms with Gasteiger partial charge < -0.3 is 10.4 Å². The highest BCUT2D eigenvalue weighted by Gasteiger charge is 2.41. The smallest absolute Gasteiger partial charge is 0.307 e. The fourth-order valence-electron chi connectivity index (χ4n) is 2.31. The highest BCUT2D eigenvalue weighted by atomic mass is 32.2. The largest absolute Gasteiger partial charge is 0.481 e. The minimum Gasteiger partial charge on any atom is -0.481 e. The molecule has 1 aliphatic rings. The zero-order valence-electron chi connectivity index (χ0n) is 10.6. The molecular formula is C12H21NO3S. The molecule has 0 radical (unpaired) electrons. The third-order valence-corrected chi connectivity index (χ3v) is 4.39. The fraction of sp³-hybridized carbons (Fsp3) is 0.833. The second-order valence-corrected chi connectivity index (χ2v) is 6.20. The van der Waals surface area contributed by atoms with Gasteiger partial charge in [-0.25, -0.2) is 0 Å². The third kappa shape index (κ3) is 3.91. The molecule has 0 saturated heterocycles. The number of hydrogen-bond acceptors (Lipinski definition) is 3. The number of amides is 1. The maximum absolute atomic E-state index is 11.9. The van der Waals surface area contributed by atoms with Crippen molar-refractivity contribution in [3.05, 3.63) is 0 Å². The van der Waals surface area contributed by atoms with Crippen molar-refractivity contribution in [3.8, 4) is 0 Å². The molecule has 17 heavy (non-hydrogen) atoms. The van der Waals surface area contributed by atoms with E-state index >= 15 is 0 Å². The van der Waals surface area contributed by atoms with Crippen LogP contribution < -0.4 is 5.32 Å². The van der Waals surface area contributed by atoms with E-state index in [1.807, 2.05) is 20.1 Å². The molecule has 1 amide bonds. The minimum absolute atomic E-state index is 0.0948. The number of carboxylic acid groups (broad SMARTS) is 1. The van der Waals surface area contributed by atoms with Gasteiger partial charge in [-0.2, -0.15) is 11.8 Å². The molecule has 1 fully saturated rings. The van der Waals surface area contributed by atoms with Crippen LogP contribution in [0.4, 0.5) is 0 Å². The average Bonchev–Trinajstić information content (AvgIpc) is 2.67. The summed E-state index contributed by atoms with van der Waals surface area (Å²) in [5.74, 6) is -1.47. The molecule has 1 aliphatic carbocycles. The molecule has 0 aromatic carbocycles. The van der Waals surface area contributed by atoms with Gasteiger partial charge in [-0.3, -0.25) is 9.59 Å². The summed E-state index contributed by atoms with van der Waals surface area (Å²) in [6.45, 7) is 4.65. The van der Waals surface area contributed by atoms with Crippen molar-refractivity contribution in [2.75, 3.05) is 12.8 Å². The molecular weight excluding hydrogens is 238 g/mol. The summed E-state index contributed by atoms with van der Waals surface area (Å²) in [7, 11) is 0. The molecule has 0 aliphatic heterocycles. The van der Waals surface area contributed by atoms with E-state index < -0.39 is 11.9 Å². The van der Waals surface area contributed by atoms with E-state index in [4.69, 9.17) is 5.11 Å². The van der Waals surface area contributed by atoms with Gasteiger partial charge in [0.05, 0.1) is 11.8 Å². The Kier molecular flexibility index (Phi) is 5.31. The number of carbonyl (C=O) groups excluding carboxylic acids is 1. The van der Waals surface area contributed by atoms with E-state index in [-0.39, 0.29) is 11.8 Å². The Hall–Kier alpha value is -0.710. The molecule has 2 N–H and O–H groups in total.